The number of ether oxygens (including phenoxy) is 1. The monoisotopic (exact) mass is 393 g/mol. The third-order valence-electron chi connectivity index (χ3n) is 5.36. The highest BCUT2D eigenvalue weighted by Gasteiger charge is 2.19. The first-order chi connectivity index (χ1) is 12.2. The first-order valence-electron chi connectivity index (χ1n) is 9.33. The van der Waals surface area contributed by atoms with Crippen molar-refractivity contribution in [2.75, 3.05) is 26.7 Å². The van der Waals surface area contributed by atoms with Crippen LogP contribution in [-0.4, -0.2) is 31.6 Å². The molecule has 26 heavy (non-hydrogen) atoms. The van der Waals surface area contributed by atoms with Crippen molar-refractivity contribution in [3.05, 3.63) is 64.7 Å². The second-order valence-corrected chi connectivity index (χ2v) is 7.42. The van der Waals surface area contributed by atoms with E-state index >= 15 is 0 Å². The number of methoxy groups -OCH3 is 1. The van der Waals surface area contributed by atoms with E-state index in [9.17, 15) is 0 Å². The molecule has 0 bridgehead atoms. The molecule has 142 valence electrons. The highest BCUT2D eigenvalue weighted by Crippen LogP contribution is 2.24. The summed E-state index contributed by atoms with van der Waals surface area (Å²) < 4.78 is 5.22. The fraction of sp³-hybridized carbons (Fsp3) is 0.455. The van der Waals surface area contributed by atoms with Crippen LogP contribution in [0.1, 0.15) is 30.4 Å². The number of piperidine rings is 1. The summed E-state index contributed by atoms with van der Waals surface area (Å²) in [4.78, 5) is 2.59. The van der Waals surface area contributed by atoms with Crippen LogP contribution in [0.4, 0.5) is 0 Å². The molecule has 0 atom stereocenters. The Morgan fingerprint density at radius 1 is 1.00 bits per heavy atom. The van der Waals surface area contributed by atoms with Gasteiger partial charge in [0.1, 0.15) is 5.75 Å². The van der Waals surface area contributed by atoms with Gasteiger partial charge in [0.15, 0.2) is 0 Å². The van der Waals surface area contributed by atoms with Gasteiger partial charge in [-0.2, -0.15) is 0 Å². The largest absolute Gasteiger partial charge is 0.497 e. The zero-order valence-corrected chi connectivity index (χ0v) is 17.1. The lowest BCUT2D eigenvalue weighted by molar-refractivity contribution is 0.181. The molecule has 0 aliphatic carbocycles. The SMILES string of the molecule is COc1ccc(CCC2CCN(CCc3ccccc3Cl)CC2)cc1.Cl. The number of benzene rings is 2. The quantitative estimate of drug-likeness (QED) is 0.601. The Bertz CT molecular complexity index is 651. The second kappa shape index (κ2) is 10.8. The minimum Gasteiger partial charge on any atom is -0.497 e. The zero-order chi connectivity index (χ0) is 17.5. The molecule has 4 heteroatoms. The maximum atomic E-state index is 6.26. The Hall–Kier alpha value is -1.22. The van der Waals surface area contributed by atoms with Crippen molar-refractivity contribution in [1.82, 2.24) is 4.90 Å². The van der Waals surface area contributed by atoms with Crippen molar-refractivity contribution in [1.29, 1.82) is 0 Å². The van der Waals surface area contributed by atoms with E-state index in [-0.39, 0.29) is 12.4 Å². The summed E-state index contributed by atoms with van der Waals surface area (Å²) in [6, 6.07) is 16.7. The van der Waals surface area contributed by atoms with Crippen LogP contribution >= 0.6 is 24.0 Å². The van der Waals surface area contributed by atoms with Crippen LogP contribution < -0.4 is 4.74 Å². The molecule has 1 heterocycles. The van der Waals surface area contributed by atoms with E-state index in [2.05, 4.69) is 41.3 Å². The first-order valence-corrected chi connectivity index (χ1v) is 9.71. The molecule has 0 amide bonds. The van der Waals surface area contributed by atoms with Gasteiger partial charge in [-0.25, -0.2) is 0 Å². The lowest BCUT2D eigenvalue weighted by Crippen LogP contribution is -2.35. The van der Waals surface area contributed by atoms with Crippen LogP contribution in [0.3, 0.4) is 0 Å². The second-order valence-electron chi connectivity index (χ2n) is 7.01. The van der Waals surface area contributed by atoms with Gasteiger partial charge in [-0.05, 0) is 80.4 Å². The van der Waals surface area contributed by atoms with E-state index in [1.807, 2.05) is 12.1 Å². The van der Waals surface area contributed by atoms with Gasteiger partial charge >= 0.3 is 0 Å². The van der Waals surface area contributed by atoms with Crippen LogP contribution in [0.2, 0.25) is 5.02 Å². The Labute approximate surface area is 168 Å². The number of aryl methyl sites for hydroxylation is 1. The lowest BCUT2D eigenvalue weighted by atomic mass is 9.90. The van der Waals surface area contributed by atoms with Crippen LogP contribution in [0.15, 0.2) is 48.5 Å². The van der Waals surface area contributed by atoms with Crippen LogP contribution in [-0.2, 0) is 12.8 Å². The Morgan fingerprint density at radius 2 is 1.69 bits per heavy atom. The molecular formula is C22H29Cl2NO. The number of hydrogen-bond donors (Lipinski definition) is 0. The standard InChI is InChI=1S/C22H28ClNO.ClH/c1-25-21-10-8-18(9-11-21)6-7-19-12-15-24(16-13-19)17-14-20-4-2-3-5-22(20)23;/h2-5,8-11,19H,6-7,12-17H2,1H3;1H. The highest BCUT2D eigenvalue weighted by molar-refractivity contribution is 6.31. The van der Waals surface area contributed by atoms with Crippen LogP contribution in [0.5, 0.6) is 5.75 Å². The summed E-state index contributed by atoms with van der Waals surface area (Å²) in [6.07, 6.45) is 6.16. The van der Waals surface area contributed by atoms with Crippen LogP contribution in [0, 0.1) is 5.92 Å². The van der Waals surface area contributed by atoms with Gasteiger partial charge < -0.3 is 9.64 Å². The van der Waals surface area contributed by atoms with Gasteiger partial charge in [0.2, 0.25) is 0 Å². The van der Waals surface area contributed by atoms with Crippen molar-refractivity contribution in [3.8, 4) is 5.75 Å². The van der Waals surface area contributed by atoms with Gasteiger partial charge in [-0.15, -0.1) is 12.4 Å². The van der Waals surface area contributed by atoms with Crippen molar-refractivity contribution in [2.24, 2.45) is 5.92 Å². The predicted octanol–water partition coefficient (Wildman–Crippen LogP) is 5.66. The summed E-state index contributed by atoms with van der Waals surface area (Å²) in [6.45, 7) is 3.56. The number of nitrogens with zero attached hydrogens (tertiary/aromatic N) is 1. The number of hydrogen-bond acceptors (Lipinski definition) is 2. The van der Waals surface area contributed by atoms with E-state index in [4.69, 9.17) is 16.3 Å². The first kappa shape index (κ1) is 21.1. The summed E-state index contributed by atoms with van der Waals surface area (Å²) in [5, 5.41) is 0.900. The lowest BCUT2D eigenvalue weighted by Gasteiger charge is -2.32. The molecule has 1 aliphatic rings. The van der Waals surface area contributed by atoms with Gasteiger partial charge in [0.25, 0.3) is 0 Å². The topological polar surface area (TPSA) is 12.5 Å². The normalized spacial score (nSPS) is 15.5. The van der Waals surface area contributed by atoms with E-state index in [0.717, 1.165) is 29.7 Å². The molecule has 0 unspecified atom stereocenters. The van der Waals surface area contributed by atoms with E-state index in [1.54, 1.807) is 7.11 Å². The average molecular weight is 394 g/mol. The predicted molar refractivity (Wildman–Crippen MR) is 113 cm³/mol. The average Bonchev–Trinajstić information content (AvgIpc) is 2.67. The molecule has 2 aromatic rings. The molecule has 2 aromatic carbocycles. The molecule has 2 nitrogen and oxygen atoms in total. The molecule has 0 saturated carbocycles. The Kier molecular flexibility index (Phi) is 8.77. The van der Waals surface area contributed by atoms with Crippen LogP contribution in [0.25, 0.3) is 0 Å². The van der Waals surface area contributed by atoms with Crippen molar-refractivity contribution in [3.63, 3.8) is 0 Å². The molecule has 1 saturated heterocycles. The van der Waals surface area contributed by atoms with Gasteiger partial charge in [-0.3, -0.25) is 0 Å². The maximum absolute atomic E-state index is 6.26. The minimum absolute atomic E-state index is 0. The fourth-order valence-corrected chi connectivity index (χ4v) is 3.87. The molecular weight excluding hydrogens is 365 g/mol. The summed E-state index contributed by atoms with van der Waals surface area (Å²) >= 11 is 6.26. The molecule has 1 fully saturated rings. The van der Waals surface area contributed by atoms with Gasteiger partial charge in [-0.1, -0.05) is 41.9 Å². The summed E-state index contributed by atoms with van der Waals surface area (Å²) in [7, 11) is 1.72. The third-order valence-corrected chi connectivity index (χ3v) is 5.73. The summed E-state index contributed by atoms with van der Waals surface area (Å²) in [5.41, 5.74) is 2.69. The smallest absolute Gasteiger partial charge is 0.118 e. The minimum atomic E-state index is 0. The molecule has 1 aliphatic heterocycles. The van der Waals surface area contributed by atoms with E-state index in [0.29, 0.717) is 0 Å². The van der Waals surface area contributed by atoms with Crippen molar-refractivity contribution >= 4 is 24.0 Å². The number of halogens is 2. The van der Waals surface area contributed by atoms with Gasteiger partial charge in [0, 0.05) is 11.6 Å². The summed E-state index contributed by atoms with van der Waals surface area (Å²) in [5.74, 6) is 1.80. The maximum Gasteiger partial charge on any atom is 0.118 e. The molecule has 0 spiro atoms. The zero-order valence-electron chi connectivity index (χ0n) is 15.5. The molecule has 3 rings (SSSR count). The third kappa shape index (κ3) is 6.19. The molecule has 0 aromatic heterocycles. The Balaban J connectivity index is 0.00000243. The Morgan fingerprint density at radius 3 is 2.35 bits per heavy atom. The highest BCUT2D eigenvalue weighted by atomic mass is 35.5. The van der Waals surface area contributed by atoms with Crippen molar-refractivity contribution in [2.45, 2.75) is 32.1 Å². The van der Waals surface area contributed by atoms with E-state index in [1.165, 1.54) is 49.9 Å². The van der Waals surface area contributed by atoms with Gasteiger partial charge in [0.05, 0.1) is 7.11 Å². The molecule has 0 N–H and O–H groups in total. The number of likely N-dealkylation sites (tertiary alicyclic amines) is 1. The van der Waals surface area contributed by atoms with E-state index < -0.39 is 0 Å². The van der Waals surface area contributed by atoms with Crippen molar-refractivity contribution < 1.29 is 4.74 Å². The fourth-order valence-electron chi connectivity index (χ4n) is 3.64. The molecule has 0 radical (unpaired) electrons. The number of rotatable bonds is 7.